The van der Waals surface area contributed by atoms with Gasteiger partial charge in [-0.25, -0.2) is 4.98 Å². The van der Waals surface area contributed by atoms with Gasteiger partial charge in [-0.15, -0.1) is 35.6 Å². The van der Waals surface area contributed by atoms with E-state index in [0.29, 0.717) is 37.1 Å². The molecule has 0 bridgehead atoms. The predicted octanol–water partition coefficient (Wildman–Crippen LogP) is 8.54. The number of rotatable bonds is 8. The summed E-state index contributed by atoms with van der Waals surface area (Å²) in [6.45, 7) is 6.19. The summed E-state index contributed by atoms with van der Waals surface area (Å²) in [6.07, 6.45) is 0. The number of anilines is 4. The van der Waals surface area contributed by atoms with Gasteiger partial charge in [-0.1, -0.05) is 56.1 Å². The van der Waals surface area contributed by atoms with Crippen LogP contribution in [0, 0.1) is 20.2 Å². The number of nitrogens with zero attached hydrogens (tertiary/aromatic N) is 4. The van der Waals surface area contributed by atoms with Gasteiger partial charge in [0.15, 0.2) is 11.4 Å². The summed E-state index contributed by atoms with van der Waals surface area (Å²) < 4.78 is 32.7. The first-order chi connectivity index (χ1) is 31.3. The maximum atomic E-state index is 10.6. The molecule has 4 aromatic carbocycles. The van der Waals surface area contributed by atoms with Crippen LogP contribution >= 0.6 is 67.5 Å². The molecule has 0 saturated carbocycles. The molecule has 8 rings (SSSR count). The van der Waals surface area contributed by atoms with E-state index in [-0.39, 0.29) is 47.7 Å². The third-order valence-corrected chi connectivity index (χ3v) is 10.9. The molecule has 0 aliphatic carbocycles. The molecule has 8 N–H and O–H groups in total. The number of nitro benzene ring substituents is 2. The van der Waals surface area contributed by atoms with Crippen LogP contribution in [0.3, 0.4) is 0 Å². The number of hydrogen-bond donors (Lipinski definition) is 6. The van der Waals surface area contributed by atoms with E-state index in [4.69, 9.17) is 73.3 Å². The number of aromatic hydroxyl groups is 1. The predicted molar refractivity (Wildman–Crippen MR) is 268 cm³/mol. The summed E-state index contributed by atoms with van der Waals surface area (Å²) in [5, 5.41) is 45.5. The molecule has 1 aromatic heterocycles. The van der Waals surface area contributed by atoms with Crippen molar-refractivity contribution in [1.82, 2.24) is 9.55 Å². The number of nitrogens with two attached hydrogens (primary N) is 2. The Kier molecular flexibility index (Phi) is 28.7. The first-order valence-corrected chi connectivity index (χ1v) is 22.8. The molecule has 0 radical (unpaired) electrons. The third-order valence-electron chi connectivity index (χ3n) is 8.51. The molecular weight excluding hydrogens is 1060 g/mol. The second kappa shape index (κ2) is 32.0. The first-order valence-electron chi connectivity index (χ1n) is 19.5. The molecule has 0 atom stereocenters. The number of fused-ring (bicyclic) bond motifs is 2. The number of benzene rings is 4. The van der Waals surface area contributed by atoms with Crippen LogP contribution in [0.5, 0.6) is 23.0 Å². The fourth-order valence-electron chi connectivity index (χ4n) is 5.52. The number of imidazole rings is 1. The quantitative estimate of drug-likeness (QED) is 0.0212. The minimum Gasteiger partial charge on any atom is -0.506 e. The lowest BCUT2D eigenvalue weighted by Crippen LogP contribution is -2.37. The molecule has 3 aliphatic rings. The average Bonchev–Trinajstić information content (AvgIpc) is 3.71. The number of para-hydroxylation sites is 4. The molecule has 66 heavy (non-hydrogen) atoms. The van der Waals surface area contributed by atoms with Crippen LogP contribution in [0.25, 0.3) is 11.0 Å². The summed E-state index contributed by atoms with van der Waals surface area (Å²) in [6, 6.07) is 20.3. The molecule has 20 nitrogen and oxygen atoms in total. The number of ether oxygens (including phenoxy) is 6. The molecule has 366 valence electrons. The van der Waals surface area contributed by atoms with Crippen molar-refractivity contribution in [3.8, 4) is 23.0 Å². The van der Waals surface area contributed by atoms with Crippen LogP contribution in [0.2, 0.25) is 0 Å². The highest BCUT2D eigenvalue weighted by atomic mass is 79.9. The highest BCUT2D eigenvalue weighted by Gasteiger charge is 2.27. The number of hydrogen-bond acceptors (Lipinski definition) is 17. The van der Waals surface area contributed by atoms with Crippen molar-refractivity contribution in [2.75, 3.05) is 99.5 Å². The Labute approximate surface area is 415 Å². The van der Waals surface area contributed by atoms with Gasteiger partial charge in [0.25, 0.3) is 17.3 Å². The van der Waals surface area contributed by atoms with Crippen LogP contribution in [-0.4, -0.2) is 113 Å². The summed E-state index contributed by atoms with van der Waals surface area (Å²) >= 11 is 17.7. The van der Waals surface area contributed by atoms with Crippen molar-refractivity contribution in [3.63, 3.8) is 0 Å². The summed E-state index contributed by atoms with van der Waals surface area (Å²) in [4.78, 5) is 24.2. The lowest BCUT2D eigenvalue weighted by Gasteiger charge is -2.25. The van der Waals surface area contributed by atoms with Gasteiger partial charge in [-0.05, 0) is 43.3 Å². The monoisotopic (exact) mass is 1110 g/mol. The molecule has 0 saturated heterocycles. The van der Waals surface area contributed by atoms with Gasteiger partial charge in [0.2, 0.25) is 0 Å². The van der Waals surface area contributed by atoms with E-state index in [1.165, 1.54) is 45.6 Å². The Morgan fingerprint density at radius 2 is 1.29 bits per heavy atom. The molecule has 25 heteroatoms. The standard InChI is InChI=1S/C10H9ClN2O.C8H8N2O3.C8H10N2O.C6H6N2O3.C5H11ClO3.C2H4Br2.C2H6O.ClH/c11-6-9-12-7-2-1-3-8-10(7)13(9)4-5-14-8;11-10(12)6-2-1-3-7-8(6)9-4-5-13-7;9-6-2-1-3-7-8(6)10-4-5-11-7;7-6-4(8(10)11)2-1-3-5(6)9;1-7-5(4-6,8-2)9-3;3-1-2-4;1-2-3;/h1-3H,4-6H2;1-3,9H,4-5H2;1-3,10H,4-5,9H2;1-3,9H,7H2;4H2,1-3H3;1-2H2;3H,2H2,1H3;1H. The van der Waals surface area contributed by atoms with Gasteiger partial charge in [0, 0.05) is 63.8 Å². The van der Waals surface area contributed by atoms with Crippen LogP contribution in [-0.2, 0) is 26.6 Å². The van der Waals surface area contributed by atoms with E-state index in [2.05, 4.69) is 52.0 Å². The number of aliphatic hydroxyl groups is 1. The van der Waals surface area contributed by atoms with Crippen molar-refractivity contribution < 1.29 is 48.5 Å². The number of halogens is 5. The Bertz CT molecular complexity index is 2210. The van der Waals surface area contributed by atoms with Crippen molar-refractivity contribution in [1.29, 1.82) is 0 Å². The van der Waals surface area contributed by atoms with E-state index >= 15 is 0 Å². The Morgan fingerprint density at radius 3 is 1.77 bits per heavy atom. The molecule has 3 aliphatic heterocycles. The van der Waals surface area contributed by atoms with Crippen LogP contribution < -0.4 is 36.3 Å². The van der Waals surface area contributed by atoms with E-state index < -0.39 is 15.8 Å². The lowest BCUT2D eigenvalue weighted by molar-refractivity contribution is -0.384. The lowest BCUT2D eigenvalue weighted by atomic mass is 10.2. The van der Waals surface area contributed by atoms with Crippen molar-refractivity contribution in [2.45, 2.75) is 25.3 Å². The number of nitro groups is 2. The van der Waals surface area contributed by atoms with E-state index in [1.807, 2.05) is 36.4 Å². The minimum absolute atomic E-state index is 0. The van der Waals surface area contributed by atoms with Gasteiger partial charge in [-0.2, -0.15) is 0 Å². The number of aromatic nitrogens is 2. The SMILES string of the molecule is BrCCBr.CCO.COC(CCl)(OC)OC.Cl.ClCc1nc2cccc3c2n1CCO3.Nc1c(O)cccc1[N+](=O)[O-].Nc1cccc2c1NCCO2.O=[N+]([O-])c1cccc2c1NCCO2. The topological polar surface area (TPSA) is 276 Å². The zero-order chi connectivity index (χ0) is 48.4. The van der Waals surface area contributed by atoms with Crippen LogP contribution in [0.15, 0.2) is 72.8 Å². The number of aliphatic hydroxyl groups excluding tert-OH is 1. The number of phenols is 1. The molecule has 0 spiro atoms. The van der Waals surface area contributed by atoms with Crippen molar-refractivity contribution >= 4 is 113 Å². The fraction of sp³-hybridized carbons (Fsp3) is 0.390. The van der Waals surface area contributed by atoms with Gasteiger partial charge in [-0.3, -0.25) is 20.2 Å². The Balaban J connectivity index is 0.000000399. The molecule has 0 amide bonds. The zero-order valence-electron chi connectivity index (χ0n) is 36.5. The molecule has 5 aromatic rings. The average molecular weight is 1120 g/mol. The summed E-state index contributed by atoms with van der Waals surface area (Å²) in [5.41, 5.74) is 14.7. The van der Waals surface area contributed by atoms with E-state index in [1.54, 1.807) is 19.1 Å². The summed E-state index contributed by atoms with van der Waals surface area (Å²) in [5.74, 6) is 2.53. The maximum absolute atomic E-state index is 10.6. The summed E-state index contributed by atoms with van der Waals surface area (Å²) in [7, 11) is 4.40. The van der Waals surface area contributed by atoms with Crippen molar-refractivity contribution in [2.24, 2.45) is 0 Å². The first kappa shape index (κ1) is 59.2. The van der Waals surface area contributed by atoms with E-state index in [0.717, 1.165) is 70.1 Å². The van der Waals surface area contributed by atoms with Gasteiger partial charge in [0.1, 0.15) is 65.7 Å². The molecule has 4 heterocycles. The largest absolute Gasteiger partial charge is 0.506 e. The highest BCUT2D eigenvalue weighted by Crippen LogP contribution is 2.36. The smallest absolute Gasteiger partial charge is 0.296 e. The second-order valence-electron chi connectivity index (χ2n) is 12.6. The maximum Gasteiger partial charge on any atom is 0.296 e. The second-order valence-corrected chi connectivity index (χ2v) is 14.7. The van der Waals surface area contributed by atoms with Crippen molar-refractivity contribution in [3.05, 3.63) is 98.8 Å². The third kappa shape index (κ3) is 17.8. The Morgan fingerprint density at radius 1 is 0.803 bits per heavy atom. The molecule has 0 fully saturated rings. The number of phenolic OH excluding ortho intramolecular Hbond substituents is 1. The zero-order valence-corrected chi connectivity index (χ0v) is 42.0. The van der Waals surface area contributed by atoms with Crippen LogP contribution in [0.1, 0.15) is 12.7 Å². The number of nitrogen functional groups attached to an aromatic ring is 2. The minimum atomic E-state index is -1.07. The molecular formula is C41H55Br2Cl3N8O12. The van der Waals surface area contributed by atoms with Gasteiger partial charge >= 0.3 is 0 Å². The van der Waals surface area contributed by atoms with E-state index in [9.17, 15) is 20.2 Å². The van der Waals surface area contributed by atoms with Crippen LogP contribution in [0.4, 0.5) is 34.1 Å². The number of alkyl halides is 4. The number of methoxy groups -OCH3 is 3. The van der Waals surface area contributed by atoms with Gasteiger partial charge in [0.05, 0.1) is 33.5 Å². The Hall–Kier alpha value is -4.78. The molecule has 0 unspecified atom stereocenters. The normalized spacial score (nSPS) is 12.1. The number of nitrogens with one attached hydrogen (secondary N) is 2. The highest BCUT2D eigenvalue weighted by molar-refractivity contribution is 9.11. The van der Waals surface area contributed by atoms with Gasteiger partial charge < -0.3 is 65.3 Å². The fourth-order valence-corrected chi connectivity index (χ4v) is 6.05.